The number of Topliss-reactive ketones (excluding diaryl/α,β-unsaturated/α-hetero) is 2. The summed E-state index contributed by atoms with van der Waals surface area (Å²) >= 11 is 3.24. The Morgan fingerprint density at radius 2 is 2.05 bits per heavy atom. The first-order valence-electron chi connectivity index (χ1n) is 6.84. The maximum absolute atomic E-state index is 12.7. The molecule has 1 aromatic heterocycles. The molecule has 1 aromatic carbocycles. The van der Waals surface area contributed by atoms with Crippen LogP contribution >= 0.6 is 15.9 Å². The van der Waals surface area contributed by atoms with Crippen LogP contribution in [0, 0.1) is 6.92 Å². The third-order valence-corrected chi connectivity index (χ3v) is 4.33. The second kappa shape index (κ2) is 5.31. The molecule has 0 aliphatic heterocycles. The molecular weight excluding hydrogens is 352 g/mol. The molecule has 1 atom stereocenters. The highest BCUT2D eigenvalue weighted by Crippen LogP contribution is 2.28. The summed E-state index contributed by atoms with van der Waals surface area (Å²) in [5, 5.41) is 10.1. The first-order valence-corrected chi connectivity index (χ1v) is 7.63. The molecule has 1 fully saturated rings. The van der Waals surface area contributed by atoms with Crippen molar-refractivity contribution in [2.24, 2.45) is 0 Å². The molecule has 0 amide bonds. The Morgan fingerprint density at radius 1 is 1.32 bits per heavy atom. The molecule has 1 aliphatic carbocycles. The quantitative estimate of drug-likeness (QED) is 0.782. The summed E-state index contributed by atoms with van der Waals surface area (Å²) in [6.07, 6.45) is 0.413. The number of phenolic OH excluding ortho intramolecular Hbond substituents is 1. The lowest BCUT2D eigenvalue weighted by molar-refractivity contribution is -0.132. The van der Waals surface area contributed by atoms with Crippen LogP contribution in [0.2, 0.25) is 0 Å². The summed E-state index contributed by atoms with van der Waals surface area (Å²) < 4.78 is 1.91. The molecule has 0 radical (unpaired) electrons. The molecular formula is C15H13BrN2O4. The lowest BCUT2D eigenvalue weighted by atomic mass is 9.92. The summed E-state index contributed by atoms with van der Waals surface area (Å²) in [6.45, 7) is 1.64. The van der Waals surface area contributed by atoms with Gasteiger partial charge in [0.25, 0.3) is 5.56 Å². The minimum atomic E-state index is -0.690. The molecule has 1 aliphatic rings. The van der Waals surface area contributed by atoms with Crippen molar-refractivity contribution in [3.8, 4) is 5.75 Å². The van der Waals surface area contributed by atoms with Gasteiger partial charge in [0.15, 0.2) is 5.78 Å². The van der Waals surface area contributed by atoms with E-state index in [1.807, 2.05) is 0 Å². The fraction of sp³-hybridized carbons (Fsp3) is 0.333. The molecule has 7 heteroatoms. The van der Waals surface area contributed by atoms with Gasteiger partial charge in [0.2, 0.25) is 0 Å². The van der Waals surface area contributed by atoms with E-state index < -0.39 is 11.6 Å². The Morgan fingerprint density at radius 3 is 2.73 bits per heavy atom. The van der Waals surface area contributed by atoms with Gasteiger partial charge in [-0.1, -0.05) is 15.9 Å². The van der Waals surface area contributed by atoms with Crippen LogP contribution in [0.1, 0.15) is 31.1 Å². The van der Waals surface area contributed by atoms with Crippen LogP contribution in [0.25, 0.3) is 10.9 Å². The second-order valence-corrected chi connectivity index (χ2v) is 6.31. The molecule has 0 unspecified atom stereocenters. The van der Waals surface area contributed by atoms with Gasteiger partial charge in [-0.3, -0.25) is 19.0 Å². The van der Waals surface area contributed by atoms with Crippen molar-refractivity contribution in [1.29, 1.82) is 0 Å². The summed E-state index contributed by atoms with van der Waals surface area (Å²) in [6, 6.07) is 2.36. The van der Waals surface area contributed by atoms with E-state index in [2.05, 4.69) is 20.9 Å². The Kier molecular flexibility index (Phi) is 3.60. The average molecular weight is 365 g/mol. The van der Waals surface area contributed by atoms with Gasteiger partial charge >= 0.3 is 0 Å². The molecule has 114 valence electrons. The van der Waals surface area contributed by atoms with E-state index in [4.69, 9.17) is 0 Å². The Bertz CT molecular complexity index is 872. The van der Waals surface area contributed by atoms with Crippen molar-refractivity contribution in [3.05, 3.63) is 32.8 Å². The van der Waals surface area contributed by atoms with Crippen molar-refractivity contribution >= 4 is 38.4 Å². The Balaban J connectivity index is 2.25. The van der Waals surface area contributed by atoms with E-state index >= 15 is 0 Å². The van der Waals surface area contributed by atoms with E-state index in [1.54, 1.807) is 13.0 Å². The third kappa shape index (κ3) is 2.35. The highest BCUT2D eigenvalue weighted by atomic mass is 79.9. The van der Waals surface area contributed by atoms with Gasteiger partial charge in [0.05, 0.1) is 18.0 Å². The summed E-state index contributed by atoms with van der Waals surface area (Å²) in [5.41, 5.74) is -0.0924. The number of aryl methyl sites for hydroxylation is 1. The monoisotopic (exact) mass is 364 g/mol. The number of ketones is 2. The highest BCUT2D eigenvalue weighted by Gasteiger charge is 2.31. The van der Waals surface area contributed by atoms with Gasteiger partial charge in [0, 0.05) is 10.9 Å². The van der Waals surface area contributed by atoms with Crippen LogP contribution in [0.3, 0.4) is 0 Å². The number of rotatable bonds is 1. The van der Waals surface area contributed by atoms with E-state index in [0.29, 0.717) is 22.2 Å². The van der Waals surface area contributed by atoms with Crippen LogP contribution in [0.5, 0.6) is 5.75 Å². The lowest BCUT2D eigenvalue weighted by Gasteiger charge is -2.24. The van der Waals surface area contributed by atoms with Crippen LogP contribution in [-0.4, -0.2) is 26.2 Å². The average Bonchev–Trinajstić information content (AvgIpc) is 2.39. The molecule has 0 saturated heterocycles. The molecule has 0 spiro atoms. The normalized spacial score (nSPS) is 18.9. The standard InChI is InChI=1S/C15H13BrN2O4/c1-7-17-10-4-8(16)5-13(21)14(10)15(22)18(7)11-3-2-9(19)6-12(11)20/h4-5,11,21H,2-3,6H2,1H3/t11-/m0/s1. The molecule has 2 aromatic rings. The molecule has 1 saturated carbocycles. The minimum absolute atomic E-state index is 0.0819. The molecule has 6 nitrogen and oxygen atoms in total. The number of hydrogen-bond donors (Lipinski definition) is 1. The maximum Gasteiger partial charge on any atom is 0.265 e. The van der Waals surface area contributed by atoms with Crippen molar-refractivity contribution in [2.75, 3.05) is 0 Å². The Hall–Kier alpha value is -2.02. The number of fused-ring (bicyclic) bond motifs is 1. The van der Waals surface area contributed by atoms with Crippen molar-refractivity contribution in [1.82, 2.24) is 9.55 Å². The lowest BCUT2D eigenvalue weighted by Crippen LogP contribution is -2.36. The maximum atomic E-state index is 12.7. The molecule has 1 N–H and O–H groups in total. The van der Waals surface area contributed by atoms with Crippen LogP contribution in [-0.2, 0) is 9.59 Å². The van der Waals surface area contributed by atoms with E-state index in [1.165, 1.54) is 10.6 Å². The van der Waals surface area contributed by atoms with Crippen LogP contribution < -0.4 is 5.56 Å². The number of phenols is 1. The van der Waals surface area contributed by atoms with Crippen molar-refractivity contribution in [3.63, 3.8) is 0 Å². The van der Waals surface area contributed by atoms with Crippen molar-refractivity contribution < 1.29 is 14.7 Å². The second-order valence-electron chi connectivity index (χ2n) is 5.39. The third-order valence-electron chi connectivity index (χ3n) is 3.88. The summed E-state index contributed by atoms with van der Waals surface area (Å²) in [4.78, 5) is 40.5. The first kappa shape index (κ1) is 14.9. The number of halogens is 1. The van der Waals surface area contributed by atoms with Gasteiger partial charge in [-0.2, -0.15) is 0 Å². The molecule has 22 heavy (non-hydrogen) atoms. The van der Waals surface area contributed by atoms with E-state index in [0.717, 1.165) is 0 Å². The summed E-state index contributed by atoms with van der Waals surface area (Å²) in [5.74, 6) is -0.177. The zero-order chi connectivity index (χ0) is 16.0. The highest BCUT2D eigenvalue weighted by molar-refractivity contribution is 9.10. The Labute approximate surface area is 133 Å². The van der Waals surface area contributed by atoms with E-state index in [-0.39, 0.29) is 35.5 Å². The predicted molar refractivity (Wildman–Crippen MR) is 83.0 cm³/mol. The number of benzene rings is 1. The summed E-state index contributed by atoms with van der Waals surface area (Å²) in [7, 11) is 0. The molecule has 3 rings (SSSR count). The topological polar surface area (TPSA) is 89.3 Å². The minimum Gasteiger partial charge on any atom is -0.507 e. The number of nitrogens with zero attached hydrogens (tertiary/aromatic N) is 2. The van der Waals surface area contributed by atoms with Gasteiger partial charge < -0.3 is 5.11 Å². The van der Waals surface area contributed by atoms with Gasteiger partial charge in [-0.15, -0.1) is 0 Å². The van der Waals surface area contributed by atoms with Crippen LogP contribution in [0.15, 0.2) is 21.4 Å². The van der Waals surface area contributed by atoms with Crippen molar-refractivity contribution in [2.45, 2.75) is 32.2 Å². The number of aromatic hydroxyl groups is 1. The fourth-order valence-corrected chi connectivity index (χ4v) is 3.31. The smallest absolute Gasteiger partial charge is 0.265 e. The zero-order valence-corrected chi connectivity index (χ0v) is 13.4. The largest absolute Gasteiger partial charge is 0.507 e. The number of hydrogen-bond acceptors (Lipinski definition) is 5. The fourth-order valence-electron chi connectivity index (χ4n) is 2.88. The van der Waals surface area contributed by atoms with E-state index in [9.17, 15) is 19.5 Å². The zero-order valence-electron chi connectivity index (χ0n) is 11.8. The van der Waals surface area contributed by atoms with Gasteiger partial charge in [-0.25, -0.2) is 4.98 Å². The SMILES string of the molecule is Cc1nc2cc(Br)cc(O)c2c(=O)n1[C@H]1CCC(=O)CC1=O. The number of carbonyl (C=O) groups is 2. The molecule has 0 bridgehead atoms. The number of carbonyl (C=O) groups excluding carboxylic acids is 2. The molecule has 1 heterocycles. The van der Waals surface area contributed by atoms with Gasteiger partial charge in [0.1, 0.15) is 22.7 Å². The van der Waals surface area contributed by atoms with Gasteiger partial charge in [-0.05, 0) is 25.5 Å². The number of aromatic nitrogens is 2. The van der Waals surface area contributed by atoms with Crippen LogP contribution in [0.4, 0.5) is 0 Å². The predicted octanol–water partition coefficient (Wildman–Crippen LogP) is 2.04. The first-order chi connectivity index (χ1) is 10.4.